The van der Waals surface area contributed by atoms with E-state index in [1.54, 1.807) is 12.2 Å². The molecular weight excluding hydrogens is 404 g/mol. The average molecular weight is 435 g/mol. The fraction of sp³-hybridized carbons (Fsp3) is 0.708. The molecule has 30 heavy (non-hydrogen) atoms. The second-order valence-electron chi connectivity index (χ2n) is 10.2. The second-order valence-corrected chi connectivity index (χ2v) is 10.5. The van der Waals surface area contributed by atoms with Gasteiger partial charge in [-0.15, -0.1) is 11.6 Å². The topological polar surface area (TPSA) is 80.7 Å². The molecule has 4 aliphatic rings. The van der Waals surface area contributed by atoms with Gasteiger partial charge in [0.2, 0.25) is 0 Å². The molecule has 4 rings (SSSR count). The number of hydrogen-bond donors (Lipinski definition) is 1. The van der Waals surface area contributed by atoms with Gasteiger partial charge in [0.25, 0.3) is 0 Å². The van der Waals surface area contributed by atoms with Crippen LogP contribution in [0.5, 0.6) is 0 Å². The zero-order chi connectivity index (χ0) is 22.1. The van der Waals surface area contributed by atoms with Crippen LogP contribution in [0, 0.1) is 34.5 Å². The lowest BCUT2D eigenvalue weighted by Crippen LogP contribution is -2.63. The Morgan fingerprint density at radius 3 is 2.67 bits per heavy atom. The van der Waals surface area contributed by atoms with Crippen molar-refractivity contribution < 1.29 is 24.2 Å². The Morgan fingerprint density at radius 1 is 1.33 bits per heavy atom. The van der Waals surface area contributed by atoms with E-state index in [1.165, 1.54) is 6.92 Å². The highest BCUT2D eigenvalue weighted by molar-refractivity contribution is 6.29. The molecule has 2 unspecified atom stereocenters. The van der Waals surface area contributed by atoms with Crippen molar-refractivity contribution >= 4 is 29.1 Å². The normalized spacial score (nSPS) is 47.1. The summed E-state index contributed by atoms with van der Waals surface area (Å²) in [6.45, 7) is 7.42. The maximum Gasteiger partial charge on any atom is 0.303 e. The number of allylic oxidation sites excluding steroid dienone is 4. The van der Waals surface area contributed by atoms with Gasteiger partial charge in [0, 0.05) is 29.6 Å². The molecule has 0 heterocycles. The fourth-order valence-electron chi connectivity index (χ4n) is 7.84. The number of rotatable bonds is 3. The van der Waals surface area contributed by atoms with Crippen LogP contribution < -0.4 is 0 Å². The number of halogens is 1. The number of hydrogen-bond acceptors (Lipinski definition) is 5. The molecule has 0 saturated heterocycles. The van der Waals surface area contributed by atoms with Crippen molar-refractivity contribution in [3.05, 3.63) is 23.8 Å². The Labute approximate surface area is 182 Å². The van der Waals surface area contributed by atoms with Crippen molar-refractivity contribution in [1.29, 1.82) is 0 Å². The Hall–Kier alpha value is -1.46. The van der Waals surface area contributed by atoms with Crippen molar-refractivity contribution in [3.63, 3.8) is 0 Å². The lowest BCUT2D eigenvalue weighted by molar-refractivity contribution is -0.201. The van der Waals surface area contributed by atoms with E-state index in [9.17, 15) is 19.5 Å². The van der Waals surface area contributed by atoms with Crippen LogP contribution in [-0.4, -0.2) is 40.2 Å². The molecule has 0 bridgehead atoms. The predicted octanol–water partition coefficient (Wildman–Crippen LogP) is 3.62. The van der Waals surface area contributed by atoms with Gasteiger partial charge in [-0.1, -0.05) is 32.4 Å². The number of esters is 1. The molecule has 1 N–H and O–H groups in total. The number of aliphatic hydroxyl groups is 1. The minimum Gasteiger partial charge on any atom is -0.450 e. The Morgan fingerprint density at radius 2 is 2.03 bits per heavy atom. The summed E-state index contributed by atoms with van der Waals surface area (Å²) in [4.78, 5) is 37.2. The second kappa shape index (κ2) is 7.03. The van der Waals surface area contributed by atoms with Crippen LogP contribution in [0.15, 0.2) is 23.8 Å². The average Bonchev–Trinajstić information content (AvgIpc) is 2.88. The van der Waals surface area contributed by atoms with Gasteiger partial charge in [-0.05, 0) is 49.7 Å². The standard InChI is InChI=1S/C24H31ClO5/c1-13-9-18-17-6-5-15-10-16(27)7-8-22(15,3)21(17)19(28)11-23(18,4)24(13,20(29)12-25)30-14(2)26/h7-8,10,13,17-19,21,28H,5-6,9,11-12H2,1-4H3/t13?,17-,18-,19?,21+,22-,23-,24-/m0/s1. The van der Waals surface area contributed by atoms with Crippen molar-refractivity contribution in [2.75, 3.05) is 5.88 Å². The molecule has 8 atom stereocenters. The maximum absolute atomic E-state index is 13.2. The van der Waals surface area contributed by atoms with Crippen molar-refractivity contribution in [1.82, 2.24) is 0 Å². The predicted molar refractivity (Wildman–Crippen MR) is 113 cm³/mol. The molecule has 3 saturated carbocycles. The van der Waals surface area contributed by atoms with Crippen LogP contribution in [0.3, 0.4) is 0 Å². The minimum absolute atomic E-state index is 0.00661. The number of ketones is 2. The molecule has 0 aromatic heterocycles. The molecule has 3 fully saturated rings. The van der Waals surface area contributed by atoms with E-state index in [1.807, 2.05) is 19.9 Å². The van der Waals surface area contributed by atoms with E-state index in [2.05, 4.69) is 6.92 Å². The van der Waals surface area contributed by atoms with Crippen LogP contribution in [-0.2, 0) is 19.1 Å². The Balaban J connectivity index is 1.81. The number of alkyl halides is 1. The summed E-state index contributed by atoms with van der Waals surface area (Å²) in [5, 5.41) is 11.5. The molecule has 164 valence electrons. The van der Waals surface area contributed by atoms with Crippen LogP contribution in [0.4, 0.5) is 0 Å². The van der Waals surface area contributed by atoms with Crippen LogP contribution in [0.1, 0.15) is 53.4 Å². The lowest BCUT2D eigenvalue weighted by atomic mass is 9.46. The van der Waals surface area contributed by atoms with Gasteiger partial charge in [0.1, 0.15) is 0 Å². The third-order valence-corrected chi connectivity index (χ3v) is 9.12. The first-order valence-electron chi connectivity index (χ1n) is 10.9. The zero-order valence-electron chi connectivity index (χ0n) is 18.1. The number of ether oxygens (including phenoxy) is 1. The van der Waals surface area contributed by atoms with Crippen molar-refractivity contribution in [2.45, 2.75) is 65.1 Å². The summed E-state index contributed by atoms with van der Waals surface area (Å²) in [5.41, 5.74) is -1.28. The van der Waals surface area contributed by atoms with Gasteiger partial charge < -0.3 is 9.84 Å². The fourth-order valence-corrected chi connectivity index (χ4v) is 8.04. The monoisotopic (exact) mass is 434 g/mol. The summed E-state index contributed by atoms with van der Waals surface area (Å²) >= 11 is 6.01. The number of aliphatic hydroxyl groups excluding tert-OH is 1. The molecule has 6 heteroatoms. The van der Waals surface area contributed by atoms with Crippen LogP contribution in [0.2, 0.25) is 0 Å². The van der Waals surface area contributed by atoms with E-state index in [4.69, 9.17) is 16.3 Å². The van der Waals surface area contributed by atoms with Gasteiger partial charge in [-0.25, -0.2) is 0 Å². The number of carbonyl (C=O) groups excluding carboxylic acids is 3. The van der Waals surface area contributed by atoms with Gasteiger partial charge in [-0.2, -0.15) is 0 Å². The van der Waals surface area contributed by atoms with Gasteiger partial charge in [0.15, 0.2) is 17.2 Å². The summed E-state index contributed by atoms with van der Waals surface area (Å²) in [5.74, 6) is -0.903. The first-order chi connectivity index (χ1) is 14.0. The third-order valence-electron chi connectivity index (χ3n) is 8.88. The largest absolute Gasteiger partial charge is 0.450 e. The highest BCUT2D eigenvalue weighted by Gasteiger charge is 2.72. The summed E-state index contributed by atoms with van der Waals surface area (Å²) < 4.78 is 5.86. The quantitative estimate of drug-likeness (QED) is 0.542. The number of Topliss-reactive ketones (excluding diaryl/α,β-unsaturated/α-hetero) is 1. The molecule has 5 nitrogen and oxygen atoms in total. The highest BCUT2D eigenvalue weighted by Crippen LogP contribution is 2.69. The Bertz CT molecular complexity index is 862. The van der Waals surface area contributed by atoms with Gasteiger partial charge >= 0.3 is 5.97 Å². The summed E-state index contributed by atoms with van der Waals surface area (Å²) in [6, 6.07) is 0. The van der Waals surface area contributed by atoms with Crippen LogP contribution >= 0.6 is 11.6 Å². The number of fused-ring (bicyclic) bond motifs is 5. The zero-order valence-corrected chi connectivity index (χ0v) is 18.9. The third kappa shape index (κ3) is 2.67. The van der Waals surface area contributed by atoms with E-state index in [-0.39, 0.29) is 46.5 Å². The van der Waals surface area contributed by atoms with E-state index >= 15 is 0 Å². The lowest BCUT2D eigenvalue weighted by Gasteiger charge is -2.60. The van der Waals surface area contributed by atoms with E-state index < -0.39 is 23.1 Å². The smallest absolute Gasteiger partial charge is 0.303 e. The van der Waals surface area contributed by atoms with Crippen molar-refractivity contribution in [3.8, 4) is 0 Å². The first-order valence-corrected chi connectivity index (χ1v) is 11.5. The molecule has 0 spiro atoms. The molecule has 0 aromatic carbocycles. The Kier molecular flexibility index (Phi) is 5.10. The summed E-state index contributed by atoms with van der Waals surface area (Å²) in [7, 11) is 0. The molecule has 0 radical (unpaired) electrons. The highest BCUT2D eigenvalue weighted by atomic mass is 35.5. The molecular formula is C24H31ClO5. The van der Waals surface area contributed by atoms with Crippen molar-refractivity contribution in [2.24, 2.45) is 34.5 Å². The first kappa shape index (κ1) is 21.8. The molecule has 0 aliphatic heterocycles. The van der Waals surface area contributed by atoms with Gasteiger partial charge in [0.05, 0.1) is 12.0 Å². The maximum atomic E-state index is 13.2. The molecule has 0 aromatic rings. The van der Waals surface area contributed by atoms with E-state index in [0.29, 0.717) is 6.42 Å². The van der Waals surface area contributed by atoms with Crippen LogP contribution in [0.25, 0.3) is 0 Å². The molecule has 0 amide bonds. The molecule has 4 aliphatic carbocycles. The SMILES string of the molecule is CC(=O)O[C@]1(C(=O)CCl)C(C)C[C@H]2[C@@H]3CCC4=CC(=O)C=C[C@]4(C)[C@H]3C(O)C[C@@]21C. The van der Waals surface area contributed by atoms with E-state index in [0.717, 1.165) is 24.8 Å². The number of carbonyl (C=O) groups is 3. The summed E-state index contributed by atoms with van der Waals surface area (Å²) in [6.07, 6.45) is 7.40. The minimum atomic E-state index is -1.31. The van der Waals surface area contributed by atoms with Gasteiger partial charge in [-0.3, -0.25) is 14.4 Å².